The second-order valence-electron chi connectivity index (χ2n) is 7.03. The van der Waals surface area contributed by atoms with Crippen LogP contribution in [-0.4, -0.2) is 13.1 Å². The van der Waals surface area contributed by atoms with E-state index in [1.807, 2.05) is 54.6 Å². The lowest BCUT2D eigenvalue weighted by Gasteiger charge is -2.27. The quantitative estimate of drug-likeness (QED) is 0.367. The summed E-state index contributed by atoms with van der Waals surface area (Å²) in [4.78, 5) is 12.2. The summed E-state index contributed by atoms with van der Waals surface area (Å²) in [7, 11) is 1.57. The number of carbonyl (C=O) groups excluding carboxylic acids is 1. The molecule has 0 saturated heterocycles. The lowest BCUT2D eigenvalue weighted by molar-refractivity contribution is -0.128. The molecular weight excluding hydrogens is 404 g/mol. The van der Waals surface area contributed by atoms with Crippen molar-refractivity contribution in [2.45, 2.75) is 5.92 Å². The summed E-state index contributed by atoms with van der Waals surface area (Å²) >= 11 is 0. The Morgan fingerprint density at radius 2 is 1.81 bits per heavy atom. The smallest absolute Gasteiger partial charge is 0.336 e. The van der Waals surface area contributed by atoms with Gasteiger partial charge in [0.15, 0.2) is 0 Å². The Balaban J connectivity index is 1.64. The van der Waals surface area contributed by atoms with Crippen LogP contribution < -0.4 is 19.9 Å². The first-order valence-corrected chi connectivity index (χ1v) is 9.90. The van der Waals surface area contributed by atoms with E-state index in [0.717, 1.165) is 16.7 Å². The van der Waals surface area contributed by atoms with Crippen LogP contribution in [0.25, 0.3) is 6.08 Å². The van der Waals surface area contributed by atoms with Crippen LogP contribution in [0.4, 0.5) is 0 Å². The van der Waals surface area contributed by atoms with Crippen LogP contribution >= 0.6 is 0 Å². The van der Waals surface area contributed by atoms with Crippen molar-refractivity contribution in [1.29, 1.82) is 5.26 Å². The van der Waals surface area contributed by atoms with Gasteiger partial charge in [-0.2, -0.15) is 5.26 Å². The van der Waals surface area contributed by atoms with Gasteiger partial charge in [-0.15, -0.1) is 0 Å². The van der Waals surface area contributed by atoms with E-state index in [9.17, 15) is 10.1 Å². The van der Waals surface area contributed by atoms with Crippen molar-refractivity contribution in [3.8, 4) is 23.3 Å². The molecule has 0 aromatic heterocycles. The number of benzene rings is 3. The SMILES string of the molecule is COc1ccccc1C1C(C#N)=C(N)Oc2cc(OC(=O)/C=C/c3ccccc3)ccc21. The number of hydrogen-bond donors (Lipinski definition) is 1. The van der Waals surface area contributed by atoms with Gasteiger partial charge in [0.25, 0.3) is 0 Å². The van der Waals surface area contributed by atoms with Gasteiger partial charge < -0.3 is 19.9 Å². The highest BCUT2D eigenvalue weighted by molar-refractivity contribution is 5.88. The summed E-state index contributed by atoms with van der Waals surface area (Å²) in [5.74, 6) is 0.360. The highest BCUT2D eigenvalue weighted by atomic mass is 16.5. The van der Waals surface area contributed by atoms with Crippen molar-refractivity contribution >= 4 is 12.0 Å². The van der Waals surface area contributed by atoms with E-state index in [2.05, 4.69) is 6.07 Å². The molecular formula is C26H20N2O4. The minimum absolute atomic E-state index is 0.00311. The third-order valence-corrected chi connectivity index (χ3v) is 5.07. The van der Waals surface area contributed by atoms with Crippen molar-refractivity contribution in [3.63, 3.8) is 0 Å². The topological polar surface area (TPSA) is 94.6 Å². The first-order chi connectivity index (χ1) is 15.6. The molecule has 4 rings (SSSR count). The first-order valence-electron chi connectivity index (χ1n) is 9.90. The molecule has 0 aliphatic carbocycles. The first kappa shape index (κ1) is 20.8. The molecule has 1 aliphatic rings. The Kier molecular flexibility index (Phi) is 5.91. The fourth-order valence-electron chi connectivity index (χ4n) is 3.60. The summed E-state index contributed by atoms with van der Waals surface area (Å²) in [5.41, 5.74) is 8.75. The van der Waals surface area contributed by atoms with Gasteiger partial charge in [-0.3, -0.25) is 0 Å². The van der Waals surface area contributed by atoms with Gasteiger partial charge in [0, 0.05) is 23.3 Å². The van der Waals surface area contributed by atoms with E-state index in [1.54, 1.807) is 31.4 Å². The highest BCUT2D eigenvalue weighted by Gasteiger charge is 2.32. The Morgan fingerprint density at radius 1 is 1.06 bits per heavy atom. The van der Waals surface area contributed by atoms with Crippen molar-refractivity contribution < 1.29 is 19.0 Å². The molecule has 0 radical (unpaired) electrons. The summed E-state index contributed by atoms with van der Waals surface area (Å²) in [5, 5.41) is 9.72. The van der Waals surface area contributed by atoms with Gasteiger partial charge in [-0.1, -0.05) is 54.6 Å². The number of nitrogens with zero attached hydrogens (tertiary/aromatic N) is 1. The van der Waals surface area contributed by atoms with E-state index in [-0.39, 0.29) is 11.5 Å². The Hall–Kier alpha value is -4.50. The molecule has 3 aromatic rings. The molecule has 0 saturated carbocycles. The normalized spacial score (nSPS) is 14.9. The number of methoxy groups -OCH3 is 1. The number of nitriles is 1. The van der Waals surface area contributed by atoms with Gasteiger partial charge >= 0.3 is 5.97 Å². The zero-order valence-electron chi connectivity index (χ0n) is 17.3. The van der Waals surface area contributed by atoms with E-state index in [4.69, 9.17) is 19.9 Å². The Bertz CT molecular complexity index is 1260. The molecule has 0 bridgehead atoms. The molecule has 0 fully saturated rings. The van der Waals surface area contributed by atoms with Crippen LogP contribution in [0.1, 0.15) is 22.6 Å². The third kappa shape index (κ3) is 4.18. The molecule has 6 nitrogen and oxygen atoms in total. The number of carbonyl (C=O) groups is 1. The van der Waals surface area contributed by atoms with Gasteiger partial charge in [0.1, 0.15) is 28.9 Å². The van der Waals surface area contributed by atoms with Crippen LogP contribution in [-0.2, 0) is 4.79 Å². The lowest BCUT2D eigenvalue weighted by atomic mass is 9.83. The number of rotatable bonds is 5. The molecule has 2 N–H and O–H groups in total. The third-order valence-electron chi connectivity index (χ3n) is 5.07. The van der Waals surface area contributed by atoms with E-state index in [1.165, 1.54) is 6.08 Å². The highest BCUT2D eigenvalue weighted by Crippen LogP contribution is 2.45. The van der Waals surface area contributed by atoms with E-state index in [0.29, 0.717) is 17.2 Å². The average Bonchev–Trinajstić information content (AvgIpc) is 2.82. The fraction of sp³-hybridized carbons (Fsp3) is 0.0769. The Labute approximate surface area is 185 Å². The largest absolute Gasteiger partial charge is 0.496 e. The van der Waals surface area contributed by atoms with Crippen LogP contribution in [0.5, 0.6) is 17.2 Å². The molecule has 1 unspecified atom stereocenters. The minimum atomic E-state index is -0.521. The second-order valence-corrected chi connectivity index (χ2v) is 7.03. The maximum absolute atomic E-state index is 12.2. The van der Waals surface area contributed by atoms with E-state index >= 15 is 0 Å². The lowest BCUT2D eigenvalue weighted by Crippen LogP contribution is -2.21. The Morgan fingerprint density at radius 3 is 2.56 bits per heavy atom. The molecule has 1 atom stereocenters. The minimum Gasteiger partial charge on any atom is -0.496 e. The van der Waals surface area contributed by atoms with Crippen molar-refractivity contribution in [2.75, 3.05) is 7.11 Å². The van der Waals surface area contributed by atoms with Crippen molar-refractivity contribution in [3.05, 3.63) is 107 Å². The number of para-hydroxylation sites is 1. The molecule has 3 aromatic carbocycles. The van der Waals surface area contributed by atoms with Crippen LogP contribution in [0.3, 0.4) is 0 Å². The molecule has 0 spiro atoms. The van der Waals surface area contributed by atoms with Crippen LogP contribution in [0, 0.1) is 11.3 Å². The predicted molar refractivity (Wildman–Crippen MR) is 120 cm³/mol. The second kappa shape index (κ2) is 9.11. The molecule has 0 amide bonds. The van der Waals surface area contributed by atoms with Crippen LogP contribution in [0.15, 0.2) is 90.3 Å². The number of fused-ring (bicyclic) bond motifs is 1. The zero-order chi connectivity index (χ0) is 22.5. The monoisotopic (exact) mass is 424 g/mol. The van der Waals surface area contributed by atoms with Crippen molar-refractivity contribution in [1.82, 2.24) is 0 Å². The number of allylic oxidation sites excluding steroid dienone is 1. The number of nitrogens with two attached hydrogens (primary N) is 1. The number of hydrogen-bond acceptors (Lipinski definition) is 6. The van der Waals surface area contributed by atoms with Crippen LogP contribution in [0.2, 0.25) is 0 Å². The fourth-order valence-corrected chi connectivity index (χ4v) is 3.60. The maximum atomic E-state index is 12.2. The van der Waals surface area contributed by atoms with Gasteiger partial charge in [0.05, 0.1) is 13.0 Å². The van der Waals surface area contributed by atoms with Gasteiger partial charge in [-0.25, -0.2) is 4.79 Å². The molecule has 158 valence electrons. The van der Waals surface area contributed by atoms with Gasteiger partial charge in [0.2, 0.25) is 5.88 Å². The summed E-state index contributed by atoms with van der Waals surface area (Å²) in [6, 6.07) is 24.0. The van der Waals surface area contributed by atoms with E-state index < -0.39 is 11.9 Å². The number of esters is 1. The summed E-state index contributed by atoms with van der Waals surface area (Å²) in [6.07, 6.45) is 3.03. The average molecular weight is 424 g/mol. The molecule has 1 heterocycles. The summed E-state index contributed by atoms with van der Waals surface area (Å²) < 4.78 is 16.6. The maximum Gasteiger partial charge on any atom is 0.336 e. The number of ether oxygens (including phenoxy) is 3. The van der Waals surface area contributed by atoms with Gasteiger partial charge in [-0.05, 0) is 23.8 Å². The summed E-state index contributed by atoms with van der Waals surface area (Å²) in [6.45, 7) is 0. The predicted octanol–water partition coefficient (Wildman–Crippen LogP) is 4.53. The molecule has 1 aliphatic heterocycles. The standard InChI is InChI=1S/C26H20N2O4/c1-30-22-10-6-5-9-19(22)25-20-13-12-18(15-23(20)32-26(28)21(25)16-27)31-24(29)14-11-17-7-3-2-4-8-17/h2-15,25H,28H2,1H3/b14-11+. The molecule has 6 heteroatoms. The van der Waals surface area contributed by atoms with Crippen molar-refractivity contribution in [2.24, 2.45) is 5.73 Å². The zero-order valence-corrected chi connectivity index (χ0v) is 17.3. The molecule has 32 heavy (non-hydrogen) atoms.